The summed E-state index contributed by atoms with van der Waals surface area (Å²) >= 11 is 0. The highest BCUT2D eigenvalue weighted by molar-refractivity contribution is 5.98. The molecule has 3 heterocycles. The molecule has 23 heavy (non-hydrogen) atoms. The molecule has 0 aliphatic carbocycles. The molecule has 0 radical (unpaired) electrons. The number of nitrogens with one attached hydrogen (secondary N) is 1. The van der Waals surface area contributed by atoms with Crippen LogP contribution in [0.5, 0.6) is 11.5 Å². The van der Waals surface area contributed by atoms with Crippen LogP contribution < -0.4 is 9.47 Å². The number of ether oxygens (including phenoxy) is 2. The fourth-order valence-corrected chi connectivity index (χ4v) is 3.29. The molecular weight excluding hydrogens is 294 g/mol. The standard InChI is InChI=1S/C17H19N3O3/c1-11-10-18-16(19-11)13-5-3-7-20(13)17(21)12-4-2-6-14-15(12)23-9-8-22-14/h2,4,6,10,13H,3,5,7-9H2,1H3,(H,18,19)/t13-/m0/s1. The highest BCUT2D eigenvalue weighted by atomic mass is 16.6. The molecule has 1 N–H and O–H groups in total. The van der Waals surface area contributed by atoms with Gasteiger partial charge in [-0.3, -0.25) is 4.79 Å². The number of nitrogens with zero attached hydrogens (tertiary/aromatic N) is 2. The highest BCUT2D eigenvalue weighted by Crippen LogP contribution is 2.37. The predicted molar refractivity (Wildman–Crippen MR) is 83.8 cm³/mol. The minimum atomic E-state index is -0.0242. The topological polar surface area (TPSA) is 67.5 Å². The monoisotopic (exact) mass is 313 g/mol. The van der Waals surface area contributed by atoms with E-state index >= 15 is 0 Å². The molecule has 0 unspecified atom stereocenters. The van der Waals surface area contributed by atoms with Crippen LogP contribution in [0.4, 0.5) is 0 Å². The Bertz CT molecular complexity index is 740. The van der Waals surface area contributed by atoms with E-state index in [-0.39, 0.29) is 11.9 Å². The quantitative estimate of drug-likeness (QED) is 0.925. The SMILES string of the molecule is Cc1cnc([C@@H]2CCCN2C(=O)c2cccc3c2OCCO3)[nH]1. The van der Waals surface area contributed by atoms with E-state index in [1.54, 1.807) is 12.3 Å². The Morgan fingerprint density at radius 3 is 3.04 bits per heavy atom. The Hall–Kier alpha value is -2.50. The van der Waals surface area contributed by atoms with Crippen molar-refractivity contribution in [3.63, 3.8) is 0 Å². The Labute approximate surface area is 134 Å². The number of aryl methyl sites for hydroxylation is 1. The van der Waals surface area contributed by atoms with Gasteiger partial charge in [-0.2, -0.15) is 0 Å². The molecule has 0 spiro atoms. The molecule has 1 aromatic carbocycles. The molecular formula is C17H19N3O3. The van der Waals surface area contributed by atoms with Crippen LogP contribution in [0.1, 0.15) is 40.8 Å². The fraction of sp³-hybridized carbons (Fsp3) is 0.412. The molecule has 1 saturated heterocycles. The van der Waals surface area contributed by atoms with Crippen molar-refractivity contribution in [1.82, 2.24) is 14.9 Å². The van der Waals surface area contributed by atoms with Gasteiger partial charge in [0, 0.05) is 18.4 Å². The number of aromatic nitrogens is 2. The number of H-pyrrole nitrogens is 1. The van der Waals surface area contributed by atoms with Gasteiger partial charge in [-0.15, -0.1) is 0 Å². The van der Waals surface area contributed by atoms with Gasteiger partial charge in [0.05, 0.1) is 11.6 Å². The number of hydrogen-bond acceptors (Lipinski definition) is 4. The van der Waals surface area contributed by atoms with Gasteiger partial charge in [0.15, 0.2) is 11.5 Å². The van der Waals surface area contributed by atoms with E-state index < -0.39 is 0 Å². The summed E-state index contributed by atoms with van der Waals surface area (Å²) in [4.78, 5) is 22.6. The number of fused-ring (bicyclic) bond motifs is 1. The van der Waals surface area contributed by atoms with Gasteiger partial charge < -0.3 is 19.4 Å². The molecule has 1 aromatic heterocycles. The lowest BCUT2D eigenvalue weighted by atomic mass is 10.1. The molecule has 6 nitrogen and oxygen atoms in total. The van der Waals surface area contributed by atoms with Crippen molar-refractivity contribution < 1.29 is 14.3 Å². The molecule has 1 fully saturated rings. The lowest BCUT2D eigenvalue weighted by molar-refractivity contribution is 0.0720. The third kappa shape index (κ3) is 2.44. The van der Waals surface area contributed by atoms with Crippen molar-refractivity contribution in [2.45, 2.75) is 25.8 Å². The molecule has 2 aliphatic heterocycles. The van der Waals surface area contributed by atoms with Gasteiger partial charge in [-0.25, -0.2) is 4.98 Å². The van der Waals surface area contributed by atoms with Crippen LogP contribution in [0.25, 0.3) is 0 Å². The second-order valence-electron chi connectivity index (χ2n) is 5.94. The number of hydrogen-bond donors (Lipinski definition) is 1. The van der Waals surface area contributed by atoms with E-state index in [1.165, 1.54) is 0 Å². The average Bonchev–Trinajstić information content (AvgIpc) is 3.22. The van der Waals surface area contributed by atoms with Crippen LogP contribution >= 0.6 is 0 Å². The summed E-state index contributed by atoms with van der Waals surface area (Å²) in [5, 5.41) is 0. The van der Waals surface area contributed by atoms with Gasteiger partial charge in [0.25, 0.3) is 5.91 Å². The van der Waals surface area contributed by atoms with E-state index in [9.17, 15) is 4.79 Å². The summed E-state index contributed by atoms with van der Waals surface area (Å²) in [6.07, 6.45) is 3.70. The van der Waals surface area contributed by atoms with Crippen molar-refractivity contribution in [2.24, 2.45) is 0 Å². The molecule has 1 amide bonds. The molecule has 6 heteroatoms. The van der Waals surface area contributed by atoms with Gasteiger partial charge in [0.1, 0.15) is 19.0 Å². The summed E-state index contributed by atoms with van der Waals surface area (Å²) in [6.45, 7) is 3.69. The molecule has 120 valence electrons. The third-order valence-electron chi connectivity index (χ3n) is 4.35. The molecule has 0 bridgehead atoms. The van der Waals surface area contributed by atoms with Crippen LogP contribution in [-0.4, -0.2) is 40.5 Å². The second kappa shape index (κ2) is 5.61. The Morgan fingerprint density at radius 2 is 2.22 bits per heavy atom. The molecule has 1 atom stereocenters. The zero-order chi connectivity index (χ0) is 15.8. The zero-order valence-corrected chi connectivity index (χ0v) is 13.0. The number of imidazole rings is 1. The lowest BCUT2D eigenvalue weighted by Crippen LogP contribution is -2.32. The van der Waals surface area contributed by atoms with E-state index in [0.717, 1.165) is 30.9 Å². The van der Waals surface area contributed by atoms with E-state index in [1.807, 2.05) is 24.0 Å². The normalized spacial score (nSPS) is 19.9. The molecule has 2 aromatic rings. The first-order valence-corrected chi connectivity index (χ1v) is 7.95. The minimum Gasteiger partial charge on any atom is -0.486 e. The van der Waals surface area contributed by atoms with Gasteiger partial charge in [-0.1, -0.05) is 6.07 Å². The number of amides is 1. The van der Waals surface area contributed by atoms with Crippen LogP contribution in [0.3, 0.4) is 0 Å². The second-order valence-corrected chi connectivity index (χ2v) is 5.94. The predicted octanol–water partition coefficient (Wildman–Crippen LogP) is 2.47. The summed E-state index contributed by atoms with van der Waals surface area (Å²) in [6, 6.07) is 5.47. The van der Waals surface area contributed by atoms with Gasteiger partial charge in [-0.05, 0) is 31.9 Å². The smallest absolute Gasteiger partial charge is 0.258 e. The maximum absolute atomic E-state index is 13.1. The first-order valence-electron chi connectivity index (χ1n) is 7.95. The summed E-state index contributed by atoms with van der Waals surface area (Å²) < 4.78 is 11.3. The van der Waals surface area contributed by atoms with Gasteiger partial charge >= 0.3 is 0 Å². The lowest BCUT2D eigenvalue weighted by Gasteiger charge is -2.26. The minimum absolute atomic E-state index is 0.00318. The largest absolute Gasteiger partial charge is 0.486 e. The number of carbonyl (C=O) groups excluding carboxylic acids is 1. The maximum Gasteiger partial charge on any atom is 0.258 e. The maximum atomic E-state index is 13.1. The van der Waals surface area contributed by atoms with Crippen molar-refractivity contribution in [1.29, 1.82) is 0 Å². The fourth-order valence-electron chi connectivity index (χ4n) is 3.29. The number of carbonyl (C=O) groups is 1. The number of benzene rings is 1. The summed E-state index contributed by atoms with van der Waals surface area (Å²) in [5.74, 6) is 2.04. The third-order valence-corrected chi connectivity index (χ3v) is 4.35. The Balaban J connectivity index is 1.66. The molecule has 4 rings (SSSR count). The molecule has 2 aliphatic rings. The van der Waals surface area contributed by atoms with Crippen molar-refractivity contribution >= 4 is 5.91 Å². The van der Waals surface area contributed by atoms with Crippen LogP contribution in [0.2, 0.25) is 0 Å². The van der Waals surface area contributed by atoms with Crippen molar-refractivity contribution in [3.05, 3.63) is 41.5 Å². The van der Waals surface area contributed by atoms with Gasteiger partial charge in [0.2, 0.25) is 0 Å². The van der Waals surface area contributed by atoms with Crippen LogP contribution in [-0.2, 0) is 0 Å². The number of aromatic amines is 1. The van der Waals surface area contributed by atoms with Crippen LogP contribution in [0, 0.1) is 6.92 Å². The number of rotatable bonds is 2. The first kappa shape index (κ1) is 14.1. The average molecular weight is 313 g/mol. The molecule has 0 saturated carbocycles. The Kier molecular flexibility index (Phi) is 3.44. The zero-order valence-electron chi connectivity index (χ0n) is 13.0. The van der Waals surface area contributed by atoms with E-state index in [2.05, 4.69) is 9.97 Å². The first-order chi connectivity index (χ1) is 11.2. The summed E-state index contributed by atoms with van der Waals surface area (Å²) in [7, 11) is 0. The summed E-state index contributed by atoms with van der Waals surface area (Å²) in [5.41, 5.74) is 1.57. The van der Waals surface area contributed by atoms with Crippen LogP contribution in [0.15, 0.2) is 24.4 Å². The highest BCUT2D eigenvalue weighted by Gasteiger charge is 2.34. The van der Waals surface area contributed by atoms with E-state index in [0.29, 0.717) is 30.3 Å². The van der Waals surface area contributed by atoms with Crippen molar-refractivity contribution in [3.8, 4) is 11.5 Å². The number of likely N-dealkylation sites (tertiary alicyclic amines) is 1. The van der Waals surface area contributed by atoms with Crippen molar-refractivity contribution in [2.75, 3.05) is 19.8 Å². The van der Waals surface area contributed by atoms with E-state index in [4.69, 9.17) is 9.47 Å². The number of para-hydroxylation sites is 1. The Morgan fingerprint density at radius 1 is 1.35 bits per heavy atom.